The van der Waals surface area contributed by atoms with Crippen LogP contribution in [0.2, 0.25) is 0 Å². The number of anilines is 2. The molecule has 5 heterocycles. The number of pyridine rings is 1. The molecule has 0 saturated carbocycles. The van der Waals surface area contributed by atoms with E-state index in [1.807, 2.05) is 18.2 Å². The van der Waals surface area contributed by atoms with Crippen molar-refractivity contribution >= 4 is 22.5 Å². The van der Waals surface area contributed by atoms with E-state index >= 15 is 4.39 Å². The highest BCUT2D eigenvalue weighted by atomic mass is 19.1. The van der Waals surface area contributed by atoms with Crippen LogP contribution in [0.3, 0.4) is 0 Å². The lowest BCUT2D eigenvalue weighted by Gasteiger charge is -2.32. The Morgan fingerprint density at radius 3 is 2.50 bits per heavy atom. The third-order valence-corrected chi connectivity index (χ3v) is 8.45. The maximum atomic E-state index is 16.0. The Balaban J connectivity index is 1.37. The van der Waals surface area contributed by atoms with Crippen LogP contribution in [-0.4, -0.2) is 60.0 Å². The first-order valence-corrected chi connectivity index (χ1v) is 13.7. The van der Waals surface area contributed by atoms with Crippen molar-refractivity contribution in [3.05, 3.63) is 65.9 Å². The summed E-state index contributed by atoms with van der Waals surface area (Å²) < 4.78 is 38.0. The summed E-state index contributed by atoms with van der Waals surface area (Å²) in [4.78, 5) is 13.9. The first kappa shape index (κ1) is 24.9. The van der Waals surface area contributed by atoms with E-state index in [0.29, 0.717) is 40.9 Å². The summed E-state index contributed by atoms with van der Waals surface area (Å²) in [7, 11) is 0. The molecule has 3 aliphatic rings. The quantitative estimate of drug-likeness (QED) is 0.413. The first-order valence-electron chi connectivity index (χ1n) is 13.7. The minimum atomic E-state index is -0.659. The molecule has 2 aromatic heterocycles. The molecule has 204 valence electrons. The fourth-order valence-electron chi connectivity index (χ4n) is 6.38. The molecule has 3 fully saturated rings. The van der Waals surface area contributed by atoms with Crippen LogP contribution in [0.5, 0.6) is 0 Å². The molecule has 4 aromatic rings. The molecule has 8 nitrogen and oxygen atoms in total. The van der Waals surface area contributed by atoms with Crippen molar-refractivity contribution in [1.29, 1.82) is 5.26 Å². The van der Waals surface area contributed by atoms with Gasteiger partial charge in [-0.25, -0.2) is 18.7 Å². The third kappa shape index (κ3) is 4.17. The topological polar surface area (TPSA) is 96.2 Å². The number of hydrogen-bond donors (Lipinski definition) is 1. The maximum Gasteiger partial charge on any atom is 0.167 e. The lowest BCUT2D eigenvalue weighted by atomic mass is 10.0. The van der Waals surface area contributed by atoms with Crippen molar-refractivity contribution in [2.75, 3.05) is 49.2 Å². The van der Waals surface area contributed by atoms with Crippen LogP contribution >= 0.6 is 0 Å². The van der Waals surface area contributed by atoms with E-state index in [1.165, 1.54) is 12.1 Å². The first-order chi connectivity index (χ1) is 19.5. The fraction of sp³-hybridized carbons (Fsp3) is 0.367. The number of benzene rings is 2. The zero-order chi connectivity index (χ0) is 27.4. The summed E-state index contributed by atoms with van der Waals surface area (Å²) in [6.45, 7) is 4.70. The lowest BCUT2D eigenvalue weighted by molar-refractivity contribution is 0.177. The number of nitrogens with two attached hydrogens (primary N) is 1. The fourth-order valence-corrected chi connectivity index (χ4v) is 6.38. The van der Waals surface area contributed by atoms with Gasteiger partial charge in [0, 0.05) is 61.5 Å². The minimum Gasteiger partial charge on any atom is -0.381 e. The Morgan fingerprint density at radius 1 is 0.950 bits per heavy atom. The Kier molecular flexibility index (Phi) is 6.13. The van der Waals surface area contributed by atoms with E-state index in [-0.39, 0.29) is 17.3 Å². The van der Waals surface area contributed by atoms with E-state index in [4.69, 9.17) is 15.5 Å². The molecular weight excluding hydrogens is 512 g/mol. The van der Waals surface area contributed by atoms with E-state index in [2.05, 4.69) is 14.8 Å². The summed E-state index contributed by atoms with van der Waals surface area (Å²) in [5.41, 5.74) is 9.64. The van der Waals surface area contributed by atoms with E-state index < -0.39 is 11.6 Å². The number of rotatable bonds is 4. The number of halogens is 2. The van der Waals surface area contributed by atoms with E-state index in [0.717, 1.165) is 57.1 Å². The number of fused-ring (bicyclic) bond motifs is 2. The van der Waals surface area contributed by atoms with Gasteiger partial charge in [0.05, 0.1) is 30.2 Å². The molecule has 10 heteroatoms. The molecule has 3 atom stereocenters. The molecule has 7 rings (SSSR count). The van der Waals surface area contributed by atoms with Crippen LogP contribution in [-0.2, 0) is 4.74 Å². The van der Waals surface area contributed by atoms with Crippen molar-refractivity contribution in [2.45, 2.75) is 18.9 Å². The van der Waals surface area contributed by atoms with Crippen LogP contribution in [0.25, 0.3) is 28.2 Å². The minimum absolute atomic E-state index is 0.0489. The predicted octanol–water partition coefficient (Wildman–Crippen LogP) is 4.25. The molecule has 0 amide bonds. The van der Waals surface area contributed by atoms with Gasteiger partial charge in [-0.1, -0.05) is 0 Å². The van der Waals surface area contributed by atoms with Gasteiger partial charge in [0.2, 0.25) is 0 Å². The second-order valence-corrected chi connectivity index (χ2v) is 11.0. The number of imidazole rings is 1. The lowest BCUT2D eigenvalue weighted by Crippen LogP contribution is -2.42. The Hall–Kier alpha value is -4.07. The molecule has 2 N–H and O–H groups in total. The van der Waals surface area contributed by atoms with E-state index in [9.17, 15) is 9.65 Å². The van der Waals surface area contributed by atoms with Crippen LogP contribution in [0, 0.1) is 34.8 Å². The number of ether oxygens (including phenoxy) is 1. The number of piperidine rings is 1. The number of hydrogen-bond acceptors (Lipinski definition) is 7. The van der Waals surface area contributed by atoms with Crippen molar-refractivity contribution < 1.29 is 13.5 Å². The molecule has 0 aliphatic carbocycles. The second kappa shape index (κ2) is 9.84. The Bertz CT molecular complexity index is 1640. The molecule has 3 unspecified atom stereocenters. The van der Waals surface area contributed by atoms with Gasteiger partial charge < -0.3 is 20.3 Å². The van der Waals surface area contributed by atoms with Gasteiger partial charge in [-0.2, -0.15) is 5.26 Å². The summed E-state index contributed by atoms with van der Waals surface area (Å²) in [6.07, 6.45) is 3.61. The maximum absolute atomic E-state index is 16.0. The molecule has 3 aliphatic heterocycles. The zero-order valence-corrected chi connectivity index (χ0v) is 21.9. The summed E-state index contributed by atoms with van der Waals surface area (Å²) in [5, 5.41) is 9.24. The van der Waals surface area contributed by atoms with Crippen molar-refractivity contribution in [1.82, 2.24) is 14.5 Å². The van der Waals surface area contributed by atoms with E-state index in [1.54, 1.807) is 29.0 Å². The highest BCUT2D eigenvalue weighted by Gasteiger charge is 2.37. The molecule has 0 spiro atoms. The van der Waals surface area contributed by atoms with Gasteiger partial charge >= 0.3 is 0 Å². The summed E-state index contributed by atoms with van der Waals surface area (Å²) in [6, 6.07) is 13.3. The SMILES string of the molecule is N#Cc1ccc(-c2nc3c(N4CCCC(N)C4)ccnc3n2-c2ccc(N3CC4COCC4C3)cc2F)cc1F. The molecule has 0 radical (unpaired) electrons. The Labute approximate surface area is 230 Å². The average Bonchev–Trinajstić information content (AvgIpc) is 3.67. The van der Waals surface area contributed by atoms with Crippen molar-refractivity contribution in [3.8, 4) is 23.1 Å². The molecule has 0 bridgehead atoms. The second-order valence-electron chi connectivity index (χ2n) is 11.0. The van der Waals surface area contributed by atoms with Gasteiger partial charge in [0.1, 0.15) is 29.0 Å². The van der Waals surface area contributed by atoms with Crippen molar-refractivity contribution in [2.24, 2.45) is 17.6 Å². The molecule has 40 heavy (non-hydrogen) atoms. The van der Waals surface area contributed by atoms with Crippen LogP contribution < -0.4 is 15.5 Å². The van der Waals surface area contributed by atoms with Crippen LogP contribution in [0.15, 0.2) is 48.7 Å². The van der Waals surface area contributed by atoms with Crippen LogP contribution in [0.1, 0.15) is 18.4 Å². The average molecular weight is 542 g/mol. The van der Waals surface area contributed by atoms with Gasteiger partial charge in [-0.15, -0.1) is 0 Å². The van der Waals surface area contributed by atoms with Crippen LogP contribution in [0.4, 0.5) is 20.2 Å². The number of nitrogens with zero attached hydrogens (tertiary/aromatic N) is 6. The summed E-state index contributed by atoms with van der Waals surface area (Å²) >= 11 is 0. The normalized spacial score (nSPS) is 22.6. The van der Waals surface area contributed by atoms with Crippen molar-refractivity contribution in [3.63, 3.8) is 0 Å². The molecular formula is C30H29F2N7O. The highest BCUT2D eigenvalue weighted by Crippen LogP contribution is 2.37. The monoisotopic (exact) mass is 541 g/mol. The third-order valence-electron chi connectivity index (χ3n) is 8.45. The number of nitriles is 1. The molecule has 2 aromatic carbocycles. The van der Waals surface area contributed by atoms with Gasteiger partial charge in [0.15, 0.2) is 5.65 Å². The summed E-state index contributed by atoms with van der Waals surface area (Å²) in [5.74, 6) is 0.215. The molecule has 3 saturated heterocycles. The Morgan fingerprint density at radius 2 is 1.77 bits per heavy atom. The largest absolute Gasteiger partial charge is 0.381 e. The highest BCUT2D eigenvalue weighted by molar-refractivity contribution is 5.90. The van der Waals surface area contributed by atoms with Gasteiger partial charge in [-0.3, -0.25) is 4.57 Å². The standard InChI is InChI=1S/C30H29F2N7O/c31-24-10-18(3-4-19(24)12-33)29-36-28-27(37-9-1-2-22(34)15-37)7-8-35-30(28)39(29)26-6-5-23(11-25(26)32)38-13-20-16-40-17-21(20)14-38/h3-8,10-11,20-22H,1-2,9,13-17,34H2. The van der Waals surface area contributed by atoms with Gasteiger partial charge in [-0.05, 0) is 55.3 Å². The predicted molar refractivity (Wildman–Crippen MR) is 148 cm³/mol. The number of aromatic nitrogens is 3. The smallest absolute Gasteiger partial charge is 0.167 e. The van der Waals surface area contributed by atoms with Gasteiger partial charge in [0.25, 0.3) is 0 Å². The zero-order valence-electron chi connectivity index (χ0n) is 21.9.